The molecular weight excluding hydrogens is 327 g/mol. The maximum atomic E-state index is 11.6. The molecule has 0 aromatic rings. The highest BCUT2D eigenvalue weighted by Crippen LogP contribution is 2.35. The fourth-order valence-electron chi connectivity index (χ4n) is 1.06. The van der Waals surface area contributed by atoms with Crippen LogP contribution in [0.15, 0.2) is 0 Å². The van der Waals surface area contributed by atoms with Gasteiger partial charge in [0.15, 0.2) is 8.38 Å². The number of carbonyl (C=O) groups is 3. The predicted molar refractivity (Wildman–Crippen MR) is 73.9 cm³/mol. The standard InChI is InChI=1S/C11H18ClO8P/c1-4-5-6-18-9(14)10(20-11(12)15)19-8(13)7-21(16-2)17-3/h10H,4-7H2,1-3H3. The summed E-state index contributed by atoms with van der Waals surface area (Å²) < 4.78 is 23.6. The normalized spacial score (nSPS) is 11.9. The van der Waals surface area contributed by atoms with Gasteiger partial charge in [0.1, 0.15) is 6.16 Å². The van der Waals surface area contributed by atoms with Crippen molar-refractivity contribution in [1.29, 1.82) is 0 Å². The number of esters is 2. The van der Waals surface area contributed by atoms with Gasteiger partial charge in [0, 0.05) is 25.8 Å². The Bertz CT molecular complexity index is 347. The molecule has 0 saturated carbocycles. The SMILES string of the molecule is CCCCOC(=O)C(OC(=O)Cl)OC(=O)CP(OC)OC. The van der Waals surface area contributed by atoms with Gasteiger partial charge in [-0.15, -0.1) is 0 Å². The van der Waals surface area contributed by atoms with Crippen LogP contribution in [0.3, 0.4) is 0 Å². The molecule has 0 heterocycles. The van der Waals surface area contributed by atoms with Gasteiger partial charge in [0.25, 0.3) is 0 Å². The van der Waals surface area contributed by atoms with Crippen LogP contribution in [-0.2, 0) is 32.8 Å². The molecule has 0 amide bonds. The van der Waals surface area contributed by atoms with Crippen LogP contribution in [0.5, 0.6) is 0 Å². The van der Waals surface area contributed by atoms with Gasteiger partial charge < -0.3 is 23.3 Å². The Morgan fingerprint density at radius 1 is 1.14 bits per heavy atom. The first-order valence-corrected chi connectivity index (χ1v) is 7.76. The molecule has 0 aromatic heterocycles. The lowest BCUT2D eigenvalue weighted by atomic mass is 10.4. The van der Waals surface area contributed by atoms with Crippen LogP contribution in [0.25, 0.3) is 0 Å². The third kappa shape index (κ3) is 9.57. The van der Waals surface area contributed by atoms with Crippen molar-refractivity contribution in [3.8, 4) is 0 Å². The second kappa shape index (κ2) is 11.7. The number of hydrogen-bond acceptors (Lipinski definition) is 8. The molecule has 0 aromatic carbocycles. The van der Waals surface area contributed by atoms with Crippen LogP contribution in [0, 0.1) is 0 Å². The molecule has 122 valence electrons. The second-order valence-corrected chi connectivity index (χ2v) is 5.57. The van der Waals surface area contributed by atoms with E-state index in [4.69, 9.17) is 30.1 Å². The highest BCUT2D eigenvalue weighted by Gasteiger charge is 2.29. The molecule has 0 N–H and O–H groups in total. The van der Waals surface area contributed by atoms with Crippen molar-refractivity contribution in [3.05, 3.63) is 0 Å². The zero-order valence-electron chi connectivity index (χ0n) is 12.0. The van der Waals surface area contributed by atoms with Crippen LogP contribution in [-0.4, -0.2) is 50.6 Å². The number of carbonyl (C=O) groups excluding carboxylic acids is 3. The first-order chi connectivity index (χ1) is 9.94. The van der Waals surface area contributed by atoms with Gasteiger partial charge in [-0.1, -0.05) is 13.3 Å². The monoisotopic (exact) mass is 344 g/mol. The fraction of sp³-hybridized carbons (Fsp3) is 0.727. The van der Waals surface area contributed by atoms with Crippen molar-refractivity contribution in [2.75, 3.05) is 27.0 Å². The third-order valence-corrected chi connectivity index (χ3v) is 3.46. The van der Waals surface area contributed by atoms with Gasteiger partial charge in [-0.05, 0) is 6.42 Å². The van der Waals surface area contributed by atoms with Crippen LogP contribution in [0.4, 0.5) is 4.79 Å². The minimum Gasteiger partial charge on any atom is -0.460 e. The van der Waals surface area contributed by atoms with Gasteiger partial charge in [0.05, 0.1) is 6.61 Å². The molecule has 0 aliphatic rings. The molecule has 0 bridgehead atoms. The van der Waals surface area contributed by atoms with Crippen LogP contribution in [0.2, 0.25) is 0 Å². The molecule has 1 atom stereocenters. The zero-order chi connectivity index (χ0) is 16.3. The lowest BCUT2D eigenvalue weighted by Gasteiger charge is -2.17. The first-order valence-electron chi connectivity index (χ1n) is 6.02. The van der Waals surface area contributed by atoms with Gasteiger partial charge in [-0.2, -0.15) is 0 Å². The molecule has 21 heavy (non-hydrogen) atoms. The summed E-state index contributed by atoms with van der Waals surface area (Å²) in [5.41, 5.74) is -1.29. The predicted octanol–water partition coefficient (Wildman–Crippen LogP) is 2.18. The number of hydrogen-bond donors (Lipinski definition) is 0. The Balaban J connectivity index is 4.49. The average molecular weight is 345 g/mol. The Morgan fingerprint density at radius 2 is 1.76 bits per heavy atom. The molecule has 0 fully saturated rings. The Labute approximate surface area is 128 Å². The largest absolute Gasteiger partial charge is 0.460 e. The molecule has 0 rings (SSSR count). The number of unbranched alkanes of at least 4 members (excludes halogenated alkanes) is 1. The minimum absolute atomic E-state index is 0.117. The fourth-order valence-corrected chi connectivity index (χ4v) is 1.83. The van der Waals surface area contributed by atoms with Crippen molar-refractivity contribution in [1.82, 2.24) is 0 Å². The lowest BCUT2D eigenvalue weighted by Crippen LogP contribution is -2.33. The van der Waals surface area contributed by atoms with Crippen molar-refractivity contribution < 1.29 is 37.6 Å². The molecule has 0 saturated heterocycles. The summed E-state index contributed by atoms with van der Waals surface area (Å²) in [7, 11) is 1.24. The van der Waals surface area contributed by atoms with Gasteiger partial charge in [-0.25, -0.2) is 9.59 Å². The van der Waals surface area contributed by atoms with Crippen molar-refractivity contribution >= 4 is 37.3 Å². The van der Waals surface area contributed by atoms with Crippen LogP contribution >= 0.6 is 20.0 Å². The van der Waals surface area contributed by atoms with E-state index in [9.17, 15) is 14.4 Å². The minimum atomic E-state index is -1.84. The summed E-state index contributed by atoms with van der Waals surface area (Å²) in [5.74, 6) is -1.86. The lowest BCUT2D eigenvalue weighted by molar-refractivity contribution is -0.188. The maximum Gasteiger partial charge on any atom is 0.407 e. The van der Waals surface area contributed by atoms with Crippen LogP contribution in [0.1, 0.15) is 19.8 Å². The van der Waals surface area contributed by atoms with Gasteiger partial charge >= 0.3 is 23.7 Å². The van der Waals surface area contributed by atoms with E-state index >= 15 is 0 Å². The summed E-state index contributed by atoms with van der Waals surface area (Å²) in [6.45, 7) is 2.02. The quantitative estimate of drug-likeness (QED) is 0.195. The number of rotatable bonds is 10. The van der Waals surface area contributed by atoms with E-state index in [1.165, 1.54) is 14.2 Å². The summed E-state index contributed by atoms with van der Waals surface area (Å²) in [5, 5.41) is 0. The van der Waals surface area contributed by atoms with E-state index in [-0.39, 0.29) is 12.8 Å². The highest BCUT2D eigenvalue weighted by atomic mass is 35.5. The van der Waals surface area contributed by atoms with E-state index in [0.717, 1.165) is 6.42 Å². The van der Waals surface area contributed by atoms with E-state index in [1.807, 2.05) is 6.92 Å². The van der Waals surface area contributed by atoms with Crippen molar-refractivity contribution in [2.24, 2.45) is 0 Å². The van der Waals surface area contributed by atoms with Crippen LogP contribution < -0.4 is 0 Å². The summed E-state index contributed by atoms with van der Waals surface area (Å²) in [6, 6.07) is 0. The smallest absolute Gasteiger partial charge is 0.407 e. The van der Waals surface area contributed by atoms with E-state index in [2.05, 4.69) is 4.74 Å². The van der Waals surface area contributed by atoms with Crippen molar-refractivity contribution in [2.45, 2.75) is 26.1 Å². The summed E-state index contributed by atoms with van der Waals surface area (Å²) in [4.78, 5) is 33.9. The topological polar surface area (TPSA) is 97.4 Å². The maximum absolute atomic E-state index is 11.6. The molecule has 1 unspecified atom stereocenters. The Morgan fingerprint density at radius 3 is 2.24 bits per heavy atom. The summed E-state index contributed by atoms with van der Waals surface area (Å²) >= 11 is 5.02. The van der Waals surface area contributed by atoms with Gasteiger partial charge in [0.2, 0.25) is 0 Å². The van der Waals surface area contributed by atoms with Gasteiger partial charge in [-0.3, -0.25) is 4.79 Å². The average Bonchev–Trinajstić information content (AvgIpc) is 2.43. The third-order valence-electron chi connectivity index (χ3n) is 2.04. The Kier molecular flexibility index (Phi) is 11.2. The summed E-state index contributed by atoms with van der Waals surface area (Å²) in [6.07, 6.45) is -0.648. The Hall–Kier alpha value is -0.950. The number of halogens is 1. The molecule has 10 heteroatoms. The molecule has 0 radical (unpaired) electrons. The highest BCUT2D eigenvalue weighted by molar-refractivity contribution is 7.48. The van der Waals surface area contributed by atoms with E-state index < -0.39 is 32.0 Å². The number of ether oxygens (including phenoxy) is 3. The molecule has 0 spiro atoms. The van der Waals surface area contributed by atoms with E-state index in [0.29, 0.717) is 6.42 Å². The van der Waals surface area contributed by atoms with E-state index in [1.54, 1.807) is 0 Å². The molecule has 0 aliphatic heterocycles. The first kappa shape index (κ1) is 20.1. The zero-order valence-corrected chi connectivity index (χ0v) is 13.6. The van der Waals surface area contributed by atoms with Crippen molar-refractivity contribution in [3.63, 3.8) is 0 Å². The second-order valence-electron chi connectivity index (χ2n) is 3.55. The molecule has 0 aliphatic carbocycles. The molecular formula is C11H18ClO8P. The molecule has 8 nitrogen and oxygen atoms in total.